The summed E-state index contributed by atoms with van der Waals surface area (Å²) in [5.41, 5.74) is 8.50. The van der Waals surface area contributed by atoms with Crippen molar-refractivity contribution in [1.82, 2.24) is 4.90 Å². The third kappa shape index (κ3) is 3.55. The lowest BCUT2D eigenvalue weighted by atomic mass is 9.97. The van der Waals surface area contributed by atoms with Crippen molar-refractivity contribution in [2.45, 2.75) is 25.9 Å². The van der Waals surface area contributed by atoms with Crippen LogP contribution in [-0.2, 0) is 9.84 Å². The summed E-state index contributed by atoms with van der Waals surface area (Å²) < 4.78 is 23.0. The Kier molecular flexibility index (Phi) is 4.28. The topological polar surface area (TPSA) is 63.4 Å². The van der Waals surface area contributed by atoms with E-state index in [9.17, 15) is 8.42 Å². The molecule has 5 heteroatoms. The summed E-state index contributed by atoms with van der Waals surface area (Å²) in [6.07, 6.45) is 0. The van der Waals surface area contributed by atoms with E-state index in [1.165, 1.54) is 11.1 Å². The number of hydrogen-bond acceptors (Lipinski definition) is 4. The zero-order valence-electron chi connectivity index (χ0n) is 11.5. The van der Waals surface area contributed by atoms with Gasteiger partial charge in [-0.2, -0.15) is 0 Å². The zero-order chi connectivity index (χ0) is 14.0. The smallest absolute Gasteiger partial charge is 0.152 e. The number of nitrogens with two attached hydrogens (primary N) is 1. The molecule has 2 unspecified atom stereocenters. The summed E-state index contributed by atoms with van der Waals surface area (Å²) in [6.45, 7) is 5.18. The molecule has 0 bridgehead atoms. The molecule has 4 nitrogen and oxygen atoms in total. The van der Waals surface area contributed by atoms with Gasteiger partial charge in [-0.3, -0.25) is 4.90 Å². The molecule has 0 aliphatic carbocycles. The van der Waals surface area contributed by atoms with Gasteiger partial charge in [0.15, 0.2) is 9.84 Å². The third-order valence-electron chi connectivity index (χ3n) is 3.65. The summed E-state index contributed by atoms with van der Waals surface area (Å²) in [5.74, 6) is 0.476. The third-order valence-corrected chi connectivity index (χ3v) is 5.26. The van der Waals surface area contributed by atoms with Gasteiger partial charge in [-0.15, -0.1) is 0 Å². The Labute approximate surface area is 115 Å². The molecule has 0 amide bonds. The van der Waals surface area contributed by atoms with Crippen molar-refractivity contribution in [3.8, 4) is 0 Å². The molecule has 1 heterocycles. The minimum atomic E-state index is -2.85. The molecule has 1 aromatic rings. The Morgan fingerprint density at radius 3 is 2.42 bits per heavy atom. The van der Waals surface area contributed by atoms with Gasteiger partial charge in [0.05, 0.1) is 11.5 Å². The fraction of sp³-hybridized carbons (Fsp3) is 0.571. The van der Waals surface area contributed by atoms with Crippen LogP contribution in [0.25, 0.3) is 0 Å². The van der Waals surface area contributed by atoms with Gasteiger partial charge in [-0.1, -0.05) is 29.8 Å². The van der Waals surface area contributed by atoms with Gasteiger partial charge < -0.3 is 5.73 Å². The summed E-state index contributed by atoms with van der Waals surface area (Å²) in [5, 5.41) is 0. The average molecular weight is 282 g/mol. The van der Waals surface area contributed by atoms with Crippen LogP contribution >= 0.6 is 0 Å². The van der Waals surface area contributed by atoms with Gasteiger partial charge in [0.25, 0.3) is 0 Å². The first-order valence-electron chi connectivity index (χ1n) is 6.66. The Morgan fingerprint density at radius 2 is 1.89 bits per heavy atom. The maximum absolute atomic E-state index is 11.5. The molecule has 19 heavy (non-hydrogen) atoms. The number of rotatable bonds is 3. The Morgan fingerprint density at radius 1 is 1.26 bits per heavy atom. The lowest BCUT2D eigenvalue weighted by Crippen LogP contribution is -2.47. The van der Waals surface area contributed by atoms with Crippen LogP contribution in [0.2, 0.25) is 0 Å². The van der Waals surface area contributed by atoms with E-state index in [0.29, 0.717) is 13.1 Å². The molecule has 1 aromatic carbocycles. The molecule has 0 aromatic heterocycles. The van der Waals surface area contributed by atoms with Crippen LogP contribution in [0.4, 0.5) is 0 Å². The standard InChI is InChI=1S/C14H22N2O2S/c1-11-4-3-5-13(10-11)14(12(2)15)16-6-8-19(17,18)9-7-16/h3-5,10,12,14H,6-9,15H2,1-2H3. The van der Waals surface area contributed by atoms with E-state index in [4.69, 9.17) is 5.73 Å². The molecule has 106 valence electrons. The largest absolute Gasteiger partial charge is 0.326 e. The highest BCUT2D eigenvalue weighted by atomic mass is 32.2. The monoisotopic (exact) mass is 282 g/mol. The van der Waals surface area contributed by atoms with Crippen molar-refractivity contribution in [3.05, 3.63) is 35.4 Å². The predicted molar refractivity (Wildman–Crippen MR) is 77.8 cm³/mol. The van der Waals surface area contributed by atoms with E-state index in [-0.39, 0.29) is 23.6 Å². The van der Waals surface area contributed by atoms with Crippen molar-refractivity contribution in [1.29, 1.82) is 0 Å². The van der Waals surface area contributed by atoms with Crippen molar-refractivity contribution >= 4 is 9.84 Å². The summed E-state index contributed by atoms with van der Waals surface area (Å²) in [6, 6.07) is 8.36. The van der Waals surface area contributed by atoms with Crippen LogP contribution in [0.1, 0.15) is 24.1 Å². The van der Waals surface area contributed by atoms with Gasteiger partial charge in [0, 0.05) is 25.2 Å². The quantitative estimate of drug-likeness (QED) is 0.902. The van der Waals surface area contributed by atoms with Crippen LogP contribution in [0.3, 0.4) is 0 Å². The van der Waals surface area contributed by atoms with E-state index >= 15 is 0 Å². The van der Waals surface area contributed by atoms with Crippen molar-refractivity contribution in [3.63, 3.8) is 0 Å². The van der Waals surface area contributed by atoms with Gasteiger partial charge >= 0.3 is 0 Å². The van der Waals surface area contributed by atoms with Crippen molar-refractivity contribution < 1.29 is 8.42 Å². The lowest BCUT2D eigenvalue weighted by molar-refractivity contribution is 0.191. The van der Waals surface area contributed by atoms with Crippen LogP contribution < -0.4 is 5.73 Å². The number of nitrogens with zero attached hydrogens (tertiary/aromatic N) is 1. The van der Waals surface area contributed by atoms with Gasteiger partial charge in [0.1, 0.15) is 0 Å². The normalized spacial score (nSPS) is 22.9. The molecule has 2 N–H and O–H groups in total. The first-order valence-corrected chi connectivity index (χ1v) is 8.48. The lowest BCUT2D eigenvalue weighted by Gasteiger charge is -2.37. The minimum absolute atomic E-state index is 0.0254. The Bertz CT molecular complexity index is 526. The van der Waals surface area contributed by atoms with E-state index in [0.717, 1.165) is 0 Å². The maximum Gasteiger partial charge on any atom is 0.152 e. The number of sulfone groups is 1. The highest BCUT2D eigenvalue weighted by Crippen LogP contribution is 2.25. The molecule has 0 saturated carbocycles. The number of hydrogen-bond donors (Lipinski definition) is 1. The number of aryl methyl sites for hydroxylation is 1. The highest BCUT2D eigenvalue weighted by molar-refractivity contribution is 7.91. The fourth-order valence-electron chi connectivity index (χ4n) is 2.71. The first kappa shape index (κ1) is 14.5. The van der Waals surface area contributed by atoms with E-state index in [2.05, 4.69) is 30.0 Å². The zero-order valence-corrected chi connectivity index (χ0v) is 12.4. The minimum Gasteiger partial charge on any atom is -0.326 e. The first-order chi connectivity index (χ1) is 8.89. The van der Waals surface area contributed by atoms with Crippen molar-refractivity contribution in [2.24, 2.45) is 5.73 Å². The fourth-order valence-corrected chi connectivity index (χ4v) is 3.94. The molecule has 1 fully saturated rings. The molecule has 1 aliphatic heterocycles. The Balaban J connectivity index is 2.22. The Hall–Kier alpha value is -0.910. The molecular formula is C14H22N2O2S. The average Bonchev–Trinajstić information content (AvgIpc) is 2.31. The second kappa shape index (κ2) is 5.61. The second-order valence-corrected chi connectivity index (χ2v) is 7.71. The van der Waals surface area contributed by atoms with Gasteiger partial charge in [-0.05, 0) is 19.4 Å². The van der Waals surface area contributed by atoms with Crippen molar-refractivity contribution in [2.75, 3.05) is 24.6 Å². The van der Waals surface area contributed by atoms with E-state index in [1.807, 2.05) is 13.0 Å². The van der Waals surface area contributed by atoms with Crippen LogP contribution in [-0.4, -0.2) is 44.0 Å². The molecule has 0 spiro atoms. The summed E-state index contributed by atoms with van der Waals surface area (Å²) in [4.78, 5) is 2.19. The predicted octanol–water partition coefficient (Wildman–Crippen LogP) is 1.11. The molecule has 0 radical (unpaired) electrons. The highest BCUT2D eigenvalue weighted by Gasteiger charge is 2.29. The van der Waals surface area contributed by atoms with Crippen LogP contribution in [0.5, 0.6) is 0 Å². The van der Waals surface area contributed by atoms with Crippen LogP contribution in [0, 0.1) is 6.92 Å². The summed E-state index contributed by atoms with van der Waals surface area (Å²) >= 11 is 0. The van der Waals surface area contributed by atoms with Gasteiger partial charge in [0.2, 0.25) is 0 Å². The van der Waals surface area contributed by atoms with Gasteiger partial charge in [-0.25, -0.2) is 8.42 Å². The molecule has 1 saturated heterocycles. The second-order valence-electron chi connectivity index (χ2n) is 5.41. The molecule has 1 aliphatic rings. The molecule has 2 rings (SSSR count). The van der Waals surface area contributed by atoms with E-state index < -0.39 is 9.84 Å². The van der Waals surface area contributed by atoms with E-state index in [1.54, 1.807) is 0 Å². The molecule has 2 atom stereocenters. The summed E-state index contributed by atoms with van der Waals surface area (Å²) in [7, 11) is -2.85. The van der Waals surface area contributed by atoms with Crippen LogP contribution in [0.15, 0.2) is 24.3 Å². The SMILES string of the molecule is Cc1cccc(C(C(C)N)N2CCS(=O)(=O)CC2)c1. The maximum atomic E-state index is 11.5. The molecular weight excluding hydrogens is 260 g/mol. The number of benzene rings is 1.